The van der Waals surface area contributed by atoms with Crippen LogP contribution in [0.3, 0.4) is 0 Å². The Morgan fingerprint density at radius 3 is 2.00 bits per heavy atom. The lowest BCUT2D eigenvalue weighted by Gasteiger charge is -2.18. The van der Waals surface area contributed by atoms with Gasteiger partial charge in [-0.25, -0.2) is 0 Å². The van der Waals surface area contributed by atoms with Crippen LogP contribution in [-0.2, 0) is 0 Å². The second-order valence-corrected chi connectivity index (χ2v) is 3.92. The van der Waals surface area contributed by atoms with Gasteiger partial charge in [-0.05, 0) is 33.5 Å². The van der Waals surface area contributed by atoms with E-state index < -0.39 is 0 Å². The normalized spacial score (nSPS) is 12.6. The molecule has 14 heavy (non-hydrogen) atoms. The third-order valence-electron chi connectivity index (χ3n) is 2.20. The maximum absolute atomic E-state index is 9.04. The molecule has 0 fully saturated rings. The Bertz CT molecular complexity index is 341. The molecule has 1 unspecified atom stereocenters. The van der Waals surface area contributed by atoms with Crippen LogP contribution in [0.4, 0.5) is 0 Å². The van der Waals surface area contributed by atoms with Crippen molar-refractivity contribution in [2.24, 2.45) is 0 Å². The first kappa shape index (κ1) is 10.7. The average Bonchev–Trinajstić information content (AvgIpc) is 2.02. The van der Waals surface area contributed by atoms with Crippen LogP contribution >= 0.6 is 0 Å². The first-order valence-corrected chi connectivity index (χ1v) is 4.69. The minimum absolute atomic E-state index is 0.145. The van der Waals surface area contributed by atoms with Crippen LogP contribution in [-0.4, -0.2) is 19.0 Å². The molecule has 0 aliphatic rings. The second-order valence-electron chi connectivity index (χ2n) is 3.92. The van der Waals surface area contributed by atoms with E-state index in [1.165, 1.54) is 11.1 Å². The second kappa shape index (κ2) is 4.26. The lowest BCUT2D eigenvalue weighted by Crippen LogP contribution is -2.18. The molecule has 74 valence electrons. The van der Waals surface area contributed by atoms with Crippen molar-refractivity contribution in [2.45, 2.75) is 19.9 Å². The molecule has 0 aliphatic carbocycles. The number of rotatable bonds is 2. The van der Waals surface area contributed by atoms with E-state index in [-0.39, 0.29) is 6.04 Å². The first-order chi connectivity index (χ1) is 6.54. The van der Waals surface area contributed by atoms with Crippen molar-refractivity contribution in [3.63, 3.8) is 0 Å². The summed E-state index contributed by atoms with van der Waals surface area (Å²) in [7, 11) is 3.84. The molecule has 0 heterocycles. The van der Waals surface area contributed by atoms with E-state index in [4.69, 9.17) is 5.26 Å². The molecule has 1 aromatic rings. The molecule has 0 aromatic heterocycles. The van der Waals surface area contributed by atoms with Gasteiger partial charge in [-0.3, -0.25) is 4.90 Å². The van der Waals surface area contributed by atoms with Gasteiger partial charge in [-0.1, -0.05) is 29.3 Å². The molecule has 1 aromatic carbocycles. The molecule has 0 aliphatic heterocycles. The summed E-state index contributed by atoms with van der Waals surface area (Å²) in [5.41, 5.74) is 3.50. The SMILES string of the molecule is Cc1cc(C)cc(C(C#N)N(C)C)c1. The fourth-order valence-corrected chi connectivity index (χ4v) is 1.66. The van der Waals surface area contributed by atoms with Crippen molar-refractivity contribution in [3.8, 4) is 6.07 Å². The minimum Gasteiger partial charge on any atom is -0.291 e. The molecule has 1 rings (SSSR count). The van der Waals surface area contributed by atoms with Crippen molar-refractivity contribution in [1.29, 1.82) is 5.26 Å². The van der Waals surface area contributed by atoms with Gasteiger partial charge in [0.1, 0.15) is 6.04 Å². The summed E-state index contributed by atoms with van der Waals surface area (Å²) in [5, 5.41) is 9.04. The highest BCUT2D eigenvalue weighted by atomic mass is 15.1. The Labute approximate surface area is 85.8 Å². The zero-order chi connectivity index (χ0) is 10.7. The van der Waals surface area contributed by atoms with Crippen LogP contribution in [0.15, 0.2) is 18.2 Å². The van der Waals surface area contributed by atoms with Gasteiger partial charge in [-0.15, -0.1) is 0 Å². The molecule has 0 spiro atoms. The molecule has 0 bridgehead atoms. The van der Waals surface area contributed by atoms with E-state index in [1.54, 1.807) is 0 Å². The molecule has 2 heteroatoms. The summed E-state index contributed by atoms with van der Waals surface area (Å²) >= 11 is 0. The number of nitriles is 1. The van der Waals surface area contributed by atoms with E-state index in [9.17, 15) is 0 Å². The van der Waals surface area contributed by atoms with E-state index in [0.29, 0.717) is 0 Å². The van der Waals surface area contributed by atoms with Crippen molar-refractivity contribution < 1.29 is 0 Å². The van der Waals surface area contributed by atoms with Gasteiger partial charge in [0, 0.05) is 0 Å². The number of hydrogen-bond acceptors (Lipinski definition) is 2. The molecular weight excluding hydrogens is 172 g/mol. The van der Waals surface area contributed by atoms with E-state index in [1.807, 2.05) is 19.0 Å². The van der Waals surface area contributed by atoms with Gasteiger partial charge < -0.3 is 0 Å². The number of nitrogens with zero attached hydrogens (tertiary/aromatic N) is 2. The minimum atomic E-state index is -0.145. The lowest BCUT2D eigenvalue weighted by atomic mass is 10.0. The Kier molecular flexibility index (Phi) is 3.27. The third-order valence-corrected chi connectivity index (χ3v) is 2.20. The van der Waals surface area contributed by atoms with Crippen LogP contribution in [0.2, 0.25) is 0 Å². The van der Waals surface area contributed by atoms with E-state index in [2.05, 4.69) is 38.1 Å². The van der Waals surface area contributed by atoms with Crippen LogP contribution in [0, 0.1) is 25.2 Å². The van der Waals surface area contributed by atoms with Gasteiger partial charge in [0.2, 0.25) is 0 Å². The van der Waals surface area contributed by atoms with Crippen molar-refractivity contribution >= 4 is 0 Å². The van der Waals surface area contributed by atoms with Crippen LogP contribution < -0.4 is 0 Å². The predicted octanol–water partition coefficient (Wildman–Crippen LogP) is 2.43. The Morgan fingerprint density at radius 2 is 1.64 bits per heavy atom. The molecule has 0 saturated carbocycles. The molecule has 0 amide bonds. The Balaban J connectivity index is 3.12. The van der Waals surface area contributed by atoms with Crippen molar-refractivity contribution in [3.05, 3.63) is 34.9 Å². The van der Waals surface area contributed by atoms with Gasteiger partial charge in [0.15, 0.2) is 0 Å². The van der Waals surface area contributed by atoms with E-state index in [0.717, 1.165) is 5.56 Å². The highest BCUT2D eigenvalue weighted by molar-refractivity contribution is 5.33. The predicted molar refractivity (Wildman–Crippen MR) is 58.0 cm³/mol. The summed E-state index contributed by atoms with van der Waals surface area (Å²) in [4.78, 5) is 1.92. The standard InChI is InChI=1S/C12H16N2/c1-9-5-10(2)7-11(6-9)12(8-13)14(3)4/h5-7,12H,1-4H3. The zero-order valence-electron chi connectivity index (χ0n) is 9.20. The maximum atomic E-state index is 9.04. The van der Waals surface area contributed by atoms with Crippen molar-refractivity contribution in [1.82, 2.24) is 4.90 Å². The van der Waals surface area contributed by atoms with Crippen molar-refractivity contribution in [2.75, 3.05) is 14.1 Å². The smallest absolute Gasteiger partial charge is 0.123 e. The third kappa shape index (κ3) is 2.34. The van der Waals surface area contributed by atoms with Gasteiger partial charge in [0.05, 0.1) is 6.07 Å². The lowest BCUT2D eigenvalue weighted by molar-refractivity contribution is 0.358. The van der Waals surface area contributed by atoms with Crippen LogP contribution in [0.25, 0.3) is 0 Å². The van der Waals surface area contributed by atoms with Gasteiger partial charge >= 0.3 is 0 Å². The first-order valence-electron chi connectivity index (χ1n) is 4.69. The Morgan fingerprint density at radius 1 is 1.14 bits per heavy atom. The number of aryl methyl sites for hydroxylation is 2. The molecule has 1 atom stereocenters. The molecule has 0 saturated heterocycles. The largest absolute Gasteiger partial charge is 0.291 e. The fourth-order valence-electron chi connectivity index (χ4n) is 1.66. The highest BCUT2D eigenvalue weighted by Crippen LogP contribution is 2.19. The Hall–Kier alpha value is -1.33. The van der Waals surface area contributed by atoms with Gasteiger partial charge in [-0.2, -0.15) is 5.26 Å². The maximum Gasteiger partial charge on any atom is 0.123 e. The summed E-state index contributed by atoms with van der Waals surface area (Å²) in [6, 6.07) is 8.41. The van der Waals surface area contributed by atoms with Crippen LogP contribution in [0.5, 0.6) is 0 Å². The topological polar surface area (TPSA) is 27.0 Å². The average molecular weight is 188 g/mol. The summed E-state index contributed by atoms with van der Waals surface area (Å²) in [5.74, 6) is 0. The number of benzene rings is 1. The van der Waals surface area contributed by atoms with Gasteiger partial charge in [0.25, 0.3) is 0 Å². The number of hydrogen-bond donors (Lipinski definition) is 0. The monoisotopic (exact) mass is 188 g/mol. The fraction of sp³-hybridized carbons (Fsp3) is 0.417. The molecule has 2 nitrogen and oxygen atoms in total. The van der Waals surface area contributed by atoms with Crippen LogP contribution in [0.1, 0.15) is 22.7 Å². The zero-order valence-corrected chi connectivity index (χ0v) is 9.20. The summed E-state index contributed by atoms with van der Waals surface area (Å²) in [6.07, 6.45) is 0. The highest BCUT2D eigenvalue weighted by Gasteiger charge is 2.12. The quantitative estimate of drug-likeness (QED) is 0.712. The molecule has 0 radical (unpaired) electrons. The molecular formula is C12H16N2. The van der Waals surface area contributed by atoms with E-state index >= 15 is 0 Å². The summed E-state index contributed by atoms with van der Waals surface area (Å²) in [6.45, 7) is 4.11. The molecule has 0 N–H and O–H groups in total. The summed E-state index contributed by atoms with van der Waals surface area (Å²) < 4.78 is 0.